The Morgan fingerprint density at radius 3 is 1.56 bits per heavy atom. The average molecular weight is 273 g/mol. The Morgan fingerprint density at radius 1 is 0.938 bits per heavy atom. The van der Waals surface area contributed by atoms with E-state index in [4.69, 9.17) is 0 Å². The molecule has 0 aliphatic carbocycles. The molecule has 0 rings (SSSR count). The van der Waals surface area contributed by atoms with Crippen LogP contribution in [0.4, 0.5) is 30.7 Å². The molecule has 0 spiro atoms. The second-order valence-corrected chi connectivity index (χ2v) is 2.64. The van der Waals surface area contributed by atoms with Crippen LogP contribution in [0.5, 0.6) is 0 Å². The molecule has 0 saturated heterocycles. The van der Waals surface area contributed by atoms with Crippen LogP contribution in [0.3, 0.4) is 0 Å². The van der Waals surface area contributed by atoms with E-state index in [9.17, 15) is 40.3 Å². The lowest BCUT2D eigenvalue weighted by Crippen LogP contribution is -2.46. The third kappa shape index (κ3) is 2.94. The zero-order chi connectivity index (χ0) is 13.3. The van der Waals surface area contributed by atoms with E-state index < -0.39 is 34.8 Å². The number of halogens is 8. The average Bonchev–Trinajstić information content (AvgIpc) is 2.12. The number of allylic oxidation sites excluding steroid dienone is 1. The van der Waals surface area contributed by atoms with Crippen LogP contribution in [0, 0.1) is 0 Å². The number of rotatable bonds is 3. The highest BCUT2D eigenvalue weighted by molar-refractivity contribution is 6.31. The minimum Gasteiger partial charge on any atom is -0.284 e. The van der Waals surface area contributed by atoms with E-state index in [2.05, 4.69) is 11.6 Å². The van der Waals surface area contributed by atoms with Crippen molar-refractivity contribution in [2.45, 2.75) is 12.1 Å². The van der Waals surface area contributed by atoms with Gasteiger partial charge >= 0.3 is 17.9 Å². The lowest BCUT2D eigenvalue weighted by molar-refractivity contribution is -0.195. The smallest absolute Gasteiger partial charge is 0.284 e. The molecule has 0 bridgehead atoms. The molecule has 0 aromatic rings. The monoisotopic (exact) mass is 272 g/mol. The highest BCUT2D eigenvalue weighted by atomic mass is 35.5. The van der Waals surface area contributed by atoms with Crippen LogP contribution in [0.25, 0.3) is 0 Å². The van der Waals surface area contributed by atoms with Crippen molar-refractivity contribution in [3.8, 4) is 0 Å². The molecule has 0 aromatic carbocycles. The van der Waals surface area contributed by atoms with E-state index in [1.54, 1.807) is 0 Å². The molecule has 0 heterocycles. The summed E-state index contributed by atoms with van der Waals surface area (Å²) in [7, 11) is 0. The predicted octanol–water partition coefficient (Wildman–Crippen LogP) is 2.67. The van der Waals surface area contributed by atoms with Gasteiger partial charge in [-0.05, 0) is 11.6 Å². The molecule has 0 saturated carbocycles. The molecule has 92 valence electrons. The molecular weight excluding hydrogens is 273 g/mol. The Morgan fingerprint density at radius 2 is 1.31 bits per heavy atom. The Bertz CT molecular complexity index is 352. The van der Waals surface area contributed by atoms with Crippen molar-refractivity contribution < 1.29 is 40.3 Å². The van der Waals surface area contributed by atoms with Gasteiger partial charge in [-0.1, -0.05) is 0 Å². The first-order valence-corrected chi connectivity index (χ1v) is 3.55. The fourth-order valence-corrected chi connectivity index (χ4v) is 0.591. The minimum absolute atomic E-state index is 2.57. The summed E-state index contributed by atoms with van der Waals surface area (Å²) in [5, 5.41) is -2.57. The molecule has 0 aliphatic heterocycles. The Labute approximate surface area is 87.7 Å². The normalized spacial score (nSPS) is 14.5. The summed E-state index contributed by atoms with van der Waals surface area (Å²) in [5.74, 6) is -15.8. The third-order valence-electron chi connectivity index (χ3n) is 1.19. The summed E-state index contributed by atoms with van der Waals surface area (Å²) in [6.07, 6.45) is -6.07. The predicted molar refractivity (Wildman–Crippen MR) is 36.1 cm³/mol. The van der Waals surface area contributed by atoms with Crippen LogP contribution in [0.15, 0.2) is 11.1 Å². The second kappa shape index (κ2) is 4.40. The molecule has 0 aromatic heterocycles. The van der Waals surface area contributed by atoms with Crippen molar-refractivity contribution in [1.82, 2.24) is 0 Å². The van der Waals surface area contributed by atoms with Gasteiger partial charge in [0.05, 0.1) is 0 Å². The van der Waals surface area contributed by atoms with Gasteiger partial charge in [0, 0.05) is 0 Å². The van der Waals surface area contributed by atoms with Crippen molar-refractivity contribution in [3.63, 3.8) is 0 Å². The Balaban J connectivity index is 5.33. The van der Waals surface area contributed by atoms with Gasteiger partial charge in [-0.2, -0.15) is 30.7 Å². The van der Waals surface area contributed by atoms with Crippen LogP contribution in [-0.4, -0.2) is 23.7 Å². The first-order chi connectivity index (χ1) is 6.92. The first-order valence-electron chi connectivity index (χ1n) is 3.17. The van der Waals surface area contributed by atoms with E-state index in [1.165, 1.54) is 0 Å². The molecule has 0 atom stereocenters. The van der Waals surface area contributed by atoms with Crippen molar-refractivity contribution in [1.29, 1.82) is 0 Å². The number of hydrogen-bond donors (Lipinski definition) is 0. The van der Waals surface area contributed by atoms with Gasteiger partial charge in [-0.3, -0.25) is 9.59 Å². The van der Waals surface area contributed by atoms with Crippen molar-refractivity contribution in [2.24, 2.45) is 0 Å². The number of ketones is 2. The maximum Gasteiger partial charge on any atom is 0.456 e. The summed E-state index contributed by atoms with van der Waals surface area (Å²) >= 11 is 4.14. The van der Waals surface area contributed by atoms with E-state index >= 15 is 0 Å². The highest BCUT2D eigenvalue weighted by Crippen LogP contribution is 2.31. The summed E-state index contributed by atoms with van der Waals surface area (Å²) < 4.78 is 83.3. The van der Waals surface area contributed by atoms with E-state index in [0.29, 0.717) is 0 Å². The van der Waals surface area contributed by atoms with E-state index in [-0.39, 0.29) is 0 Å². The largest absolute Gasteiger partial charge is 0.456 e. The molecular formula is C6ClF7O2. The Kier molecular flexibility index (Phi) is 4.09. The topological polar surface area (TPSA) is 34.1 Å². The van der Waals surface area contributed by atoms with Gasteiger partial charge in [-0.15, -0.1) is 0 Å². The van der Waals surface area contributed by atoms with Crippen LogP contribution in [-0.2, 0) is 9.59 Å². The van der Waals surface area contributed by atoms with Crippen molar-refractivity contribution in [2.75, 3.05) is 0 Å². The molecule has 10 heteroatoms. The molecule has 0 aliphatic rings. The van der Waals surface area contributed by atoms with Crippen LogP contribution >= 0.6 is 11.6 Å². The molecule has 0 amide bonds. The van der Waals surface area contributed by atoms with Gasteiger partial charge in [0.2, 0.25) is 11.1 Å². The maximum atomic E-state index is 12.4. The first kappa shape index (κ1) is 14.9. The van der Waals surface area contributed by atoms with Gasteiger partial charge in [-0.25, -0.2) is 0 Å². The van der Waals surface area contributed by atoms with Gasteiger partial charge in [0.1, 0.15) is 0 Å². The van der Waals surface area contributed by atoms with Crippen LogP contribution in [0.1, 0.15) is 0 Å². The zero-order valence-electron chi connectivity index (χ0n) is 6.84. The number of hydrogen-bond acceptors (Lipinski definition) is 2. The molecule has 0 radical (unpaired) electrons. The molecule has 16 heavy (non-hydrogen) atoms. The van der Waals surface area contributed by atoms with Crippen LogP contribution in [0.2, 0.25) is 0 Å². The summed E-state index contributed by atoms with van der Waals surface area (Å²) in [6.45, 7) is 0. The summed E-state index contributed by atoms with van der Waals surface area (Å²) in [4.78, 5) is 20.3. The number of carbonyl (C=O) groups excluding carboxylic acids is 2. The third-order valence-corrected chi connectivity index (χ3v) is 1.36. The quantitative estimate of drug-likeness (QED) is 0.450. The second-order valence-electron chi connectivity index (χ2n) is 2.30. The van der Waals surface area contributed by atoms with E-state index in [1.807, 2.05) is 0 Å². The van der Waals surface area contributed by atoms with Gasteiger partial charge in [0.15, 0.2) is 0 Å². The standard InChI is InChI=1S/C6ClF7O2/c7-3(9)1(8)2(15)5(10,11)4(16)6(12,13)14. The number of Topliss-reactive ketones (excluding diaryl/α,β-unsaturated/α-hetero) is 2. The van der Waals surface area contributed by atoms with Gasteiger partial charge in [0.25, 0.3) is 5.78 Å². The lowest BCUT2D eigenvalue weighted by atomic mass is 10.1. The number of carbonyl (C=O) groups is 2. The lowest BCUT2D eigenvalue weighted by Gasteiger charge is -2.13. The minimum atomic E-state index is -6.07. The van der Waals surface area contributed by atoms with Crippen LogP contribution < -0.4 is 0 Å². The zero-order valence-corrected chi connectivity index (χ0v) is 7.60. The van der Waals surface area contributed by atoms with E-state index in [0.717, 1.165) is 0 Å². The fourth-order valence-electron chi connectivity index (χ4n) is 0.505. The Hall–Kier alpha value is -1.12. The highest BCUT2D eigenvalue weighted by Gasteiger charge is 2.60. The molecule has 0 fully saturated rings. The molecule has 0 N–H and O–H groups in total. The van der Waals surface area contributed by atoms with Crippen molar-refractivity contribution >= 4 is 23.2 Å². The van der Waals surface area contributed by atoms with Gasteiger partial charge < -0.3 is 0 Å². The SMILES string of the molecule is O=C(C(F)=C(F)Cl)C(F)(F)C(=O)C(F)(F)F. The number of alkyl halides is 5. The maximum absolute atomic E-state index is 12.4. The molecule has 2 nitrogen and oxygen atoms in total. The fraction of sp³-hybridized carbons (Fsp3) is 0.333. The summed E-state index contributed by atoms with van der Waals surface area (Å²) in [5.41, 5.74) is 0. The molecule has 0 unspecified atom stereocenters. The van der Waals surface area contributed by atoms with Crippen molar-refractivity contribution in [3.05, 3.63) is 11.1 Å². The summed E-state index contributed by atoms with van der Waals surface area (Å²) in [6, 6.07) is 0.